The van der Waals surface area contributed by atoms with E-state index in [4.69, 9.17) is 46.1 Å². The molecule has 0 bridgehead atoms. The topological polar surface area (TPSA) is 221 Å². The smallest absolute Gasteiger partial charge is 0.340 e. The third-order valence-corrected chi connectivity index (χ3v) is 4.76. The number of anilines is 2. The molecule has 9 N–H and O–H groups in total. The van der Waals surface area contributed by atoms with Crippen LogP contribution in [0.4, 0.5) is 16.4 Å². The second kappa shape index (κ2) is 14.4. The van der Waals surface area contributed by atoms with Crippen LogP contribution in [0, 0.1) is 10.8 Å². The summed E-state index contributed by atoms with van der Waals surface area (Å²) in [5, 5.41) is 6.15. The first-order valence-electron chi connectivity index (χ1n) is 9.28. The summed E-state index contributed by atoms with van der Waals surface area (Å²) < 4.78 is 0. The van der Waals surface area contributed by atoms with Crippen molar-refractivity contribution in [3.05, 3.63) is 15.8 Å². The van der Waals surface area contributed by atoms with Crippen molar-refractivity contribution >= 4 is 65.1 Å². The number of carbonyl (C=O) groups excluding carboxylic acids is 2. The van der Waals surface area contributed by atoms with Gasteiger partial charge in [-0.15, -0.1) is 28.9 Å². The molecule has 2 rings (SSSR count). The van der Waals surface area contributed by atoms with E-state index in [1.165, 1.54) is 0 Å². The lowest BCUT2D eigenvalue weighted by Crippen LogP contribution is -2.44. The lowest BCUT2D eigenvalue weighted by Gasteiger charge is -2.27. The van der Waals surface area contributed by atoms with Gasteiger partial charge in [0, 0.05) is 11.9 Å². The minimum atomic E-state index is -0.832. The van der Waals surface area contributed by atoms with Crippen LogP contribution in [0.2, 0.25) is 5.15 Å². The fourth-order valence-corrected chi connectivity index (χ4v) is 2.97. The van der Waals surface area contributed by atoms with E-state index in [1.54, 1.807) is 0 Å². The van der Waals surface area contributed by atoms with E-state index in [2.05, 4.69) is 32.5 Å². The van der Waals surface area contributed by atoms with Crippen LogP contribution in [0.3, 0.4) is 0 Å². The first-order chi connectivity index (χ1) is 14.6. The number of nitrogens with two attached hydrogens (primary N) is 4. The number of carbonyl (C=O) groups is 2. The third kappa shape index (κ3) is 9.66. The summed E-state index contributed by atoms with van der Waals surface area (Å²) in [5.41, 5.74) is 20.5. The van der Waals surface area contributed by atoms with Gasteiger partial charge >= 0.3 is 11.9 Å². The van der Waals surface area contributed by atoms with Gasteiger partial charge in [0.15, 0.2) is 28.4 Å². The molecule has 0 saturated heterocycles. The first-order valence-corrected chi connectivity index (χ1v) is 10.2. The minimum absolute atomic E-state index is 0. The molecule has 1 heterocycles. The maximum absolute atomic E-state index is 11.6. The largest absolute Gasteiger partial charge is 0.382 e. The Kier molecular flexibility index (Phi) is 13.2. The first kappa shape index (κ1) is 29.4. The lowest BCUT2D eigenvalue weighted by atomic mass is 9.87. The second-order valence-electron chi connectivity index (χ2n) is 6.78. The van der Waals surface area contributed by atoms with E-state index >= 15 is 0 Å². The molecule has 1 aliphatic carbocycles. The van der Waals surface area contributed by atoms with Gasteiger partial charge in [-0.1, -0.05) is 18.5 Å². The van der Waals surface area contributed by atoms with Crippen molar-refractivity contribution in [1.82, 2.24) is 20.3 Å². The number of guanidine groups is 1. The molecule has 0 aliphatic heterocycles. The van der Waals surface area contributed by atoms with Crippen LogP contribution in [0.5, 0.6) is 0 Å². The Labute approximate surface area is 201 Å². The van der Waals surface area contributed by atoms with Gasteiger partial charge in [0.05, 0.1) is 11.8 Å². The van der Waals surface area contributed by atoms with Crippen molar-refractivity contribution in [2.75, 3.05) is 23.9 Å². The lowest BCUT2D eigenvalue weighted by molar-refractivity contribution is 0.0998. The molecule has 16 heteroatoms. The molecule has 0 unspecified atom stereocenters. The number of halogens is 3. The van der Waals surface area contributed by atoms with Crippen molar-refractivity contribution in [3.63, 3.8) is 0 Å². The van der Waals surface area contributed by atoms with E-state index in [9.17, 15) is 14.5 Å². The standard InChI is InChI=1S/C10H18ClN3O2.C6H8ClN7O.ClH/c1-8-2-4-9(5-3-8)12-10(15)14(13-16)7-6-11;7-2-4(9)13-3(8)1(12-2)5(15)14-6(10)11;/h8-9H,2-7H2,1H3,(H,12,15);(H4,8,9,13)(H4,10,11,14,15);1H. The number of nitrogen functional groups attached to an aromatic ring is 2. The highest BCUT2D eigenvalue weighted by atomic mass is 35.5. The predicted molar refractivity (Wildman–Crippen MR) is 126 cm³/mol. The van der Waals surface area contributed by atoms with E-state index in [1.807, 2.05) is 0 Å². The van der Waals surface area contributed by atoms with Gasteiger partial charge in [-0.25, -0.2) is 14.8 Å². The van der Waals surface area contributed by atoms with Gasteiger partial charge in [0.1, 0.15) is 0 Å². The van der Waals surface area contributed by atoms with Crippen LogP contribution in [0.25, 0.3) is 0 Å². The number of hydrogen-bond donors (Lipinski definition) is 5. The van der Waals surface area contributed by atoms with Gasteiger partial charge in [-0.05, 0) is 31.6 Å². The molecule has 0 spiro atoms. The normalized spacial score (nSPS) is 17.0. The molecular weight excluding hydrogens is 487 g/mol. The number of aromatic nitrogens is 2. The Morgan fingerprint density at radius 1 is 1.16 bits per heavy atom. The van der Waals surface area contributed by atoms with E-state index < -0.39 is 17.9 Å². The van der Waals surface area contributed by atoms with Crippen molar-refractivity contribution in [3.8, 4) is 0 Å². The number of rotatable bonds is 5. The van der Waals surface area contributed by atoms with Crippen LogP contribution < -0.4 is 28.3 Å². The van der Waals surface area contributed by atoms with Gasteiger partial charge < -0.3 is 28.3 Å². The SMILES string of the molecule is CC1CCC(NC(=O)N(CCCl)N=O)CC1.Cl.NC(N)=NC(=O)c1nc(Cl)c(N)nc1N. The van der Waals surface area contributed by atoms with Gasteiger partial charge in [-0.2, -0.15) is 10.0 Å². The molecule has 32 heavy (non-hydrogen) atoms. The summed E-state index contributed by atoms with van der Waals surface area (Å²) >= 11 is 11.0. The molecule has 1 aromatic rings. The van der Waals surface area contributed by atoms with Crippen molar-refractivity contribution in [2.24, 2.45) is 27.7 Å². The highest BCUT2D eigenvalue weighted by molar-refractivity contribution is 6.31. The molecule has 1 aliphatic rings. The van der Waals surface area contributed by atoms with Crippen LogP contribution in [-0.2, 0) is 0 Å². The maximum atomic E-state index is 11.6. The van der Waals surface area contributed by atoms with E-state index in [0.29, 0.717) is 0 Å². The van der Waals surface area contributed by atoms with Gasteiger partial charge in [-0.3, -0.25) is 4.79 Å². The average Bonchev–Trinajstić information content (AvgIpc) is 2.70. The fraction of sp³-hybridized carbons (Fsp3) is 0.562. The molecule has 13 nitrogen and oxygen atoms in total. The molecule has 1 saturated carbocycles. The van der Waals surface area contributed by atoms with Gasteiger partial charge in [0.2, 0.25) is 0 Å². The zero-order valence-electron chi connectivity index (χ0n) is 17.3. The molecule has 0 aromatic carbocycles. The fourth-order valence-electron chi connectivity index (χ4n) is 2.68. The Morgan fingerprint density at radius 3 is 2.25 bits per heavy atom. The second-order valence-corrected chi connectivity index (χ2v) is 7.51. The van der Waals surface area contributed by atoms with E-state index in [-0.39, 0.29) is 53.4 Å². The van der Waals surface area contributed by atoms with Crippen molar-refractivity contribution in [1.29, 1.82) is 0 Å². The molecular formula is C16H27Cl3N10O3. The Hall–Kier alpha value is -2.64. The number of nitrogens with one attached hydrogen (secondary N) is 1. The minimum Gasteiger partial charge on any atom is -0.382 e. The number of nitrogens with zero attached hydrogens (tertiary/aromatic N) is 5. The van der Waals surface area contributed by atoms with Crippen molar-refractivity contribution < 1.29 is 9.59 Å². The molecule has 1 fully saturated rings. The Balaban J connectivity index is 0.000000584. The Morgan fingerprint density at radius 2 is 1.75 bits per heavy atom. The van der Waals surface area contributed by atoms with Crippen LogP contribution >= 0.6 is 35.6 Å². The summed E-state index contributed by atoms with van der Waals surface area (Å²) in [6.07, 6.45) is 4.19. The molecule has 0 radical (unpaired) electrons. The number of aliphatic imine (C=N–C) groups is 1. The monoisotopic (exact) mass is 512 g/mol. The summed E-state index contributed by atoms with van der Waals surface area (Å²) in [4.78, 5) is 43.7. The van der Waals surface area contributed by atoms with Crippen LogP contribution in [-0.4, -0.2) is 51.3 Å². The zero-order chi connectivity index (χ0) is 23.6. The number of amides is 3. The van der Waals surface area contributed by atoms with E-state index in [0.717, 1.165) is 36.6 Å². The molecule has 180 valence electrons. The predicted octanol–water partition coefficient (Wildman–Crippen LogP) is 1.63. The summed E-state index contributed by atoms with van der Waals surface area (Å²) in [7, 11) is 0. The van der Waals surface area contributed by atoms with Crippen molar-refractivity contribution in [2.45, 2.75) is 38.6 Å². The summed E-state index contributed by atoms with van der Waals surface area (Å²) in [6, 6.07) is -0.265. The summed E-state index contributed by atoms with van der Waals surface area (Å²) in [6.45, 7) is 2.37. The number of urea groups is 1. The van der Waals surface area contributed by atoms with Crippen LogP contribution in [0.1, 0.15) is 43.1 Å². The Bertz CT molecular complexity index is 815. The number of hydrogen-bond acceptors (Lipinski definition) is 8. The van der Waals surface area contributed by atoms with Gasteiger partial charge in [0.25, 0.3) is 0 Å². The molecule has 1 aromatic heterocycles. The highest BCUT2D eigenvalue weighted by Gasteiger charge is 2.22. The average molecular weight is 514 g/mol. The number of nitroso groups, excluding NO2 is 1. The molecule has 0 atom stereocenters. The maximum Gasteiger partial charge on any atom is 0.340 e. The zero-order valence-corrected chi connectivity index (χ0v) is 19.7. The molecule has 3 amide bonds. The quantitative estimate of drug-likeness (QED) is 0.127. The van der Waals surface area contributed by atoms with Crippen LogP contribution in [0.15, 0.2) is 10.3 Å². The number of alkyl halides is 1. The summed E-state index contributed by atoms with van der Waals surface area (Å²) in [5.74, 6) is -0.560. The third-order valence-electron chi connectivity index (χ3n) is 4.31. The highest BCUT2D eigenvalue weighted by Crippen LogP contribution is 2.23.